The van der Waals surface area contributed by atoms with Crippen molar-refractivity contribution in [3.63, 3.8) is 0 Å². The van der Waals surface area contributed by atoms with Crippen molar-refractivity contribution >= 4 is 36.3 Å². The van der Waals surface area contributed by atoms with Gasteiger partial charge in [0.25, 0.3) is 0 Å². The second-order valence-electron chi connectivity index (χ2n) is 5.78. The van der Waals surface area contributed by atoms with Crippen LogP contribution < -0.4 is 0 Å². The Kier molecular flexibility index (Phi) is 23.5. The van der Waals surface area contributed by atoms with E-state index in [2.05, 4.69) is 19.3 Å². The smallest absolute Gasteiger partial charge is 0 e. The van der Waals surface area contributed by atoms with Gasteiger partial charge < -0.3 is 0 Å². The van der Waals surface area contributed by atoms with Crippen molar-refractivity contribution in [2.75, 3.05) is 0 Å². The van der Waals surface area contributed by atoms with E-state index in [0.717, 1.165) is 0 Å². The molecule has 7 radical (unpaired) electrons. The molecule has 0 aliphatic heterocycles. The van der Waals surface area contributed by atoms with Gasteiger partial charge in [0.15, 0.2) is 0 Å². The molecule has 3 saturated carbocycles. The predicted molar refractivity (Wildman–Crippen MR) is 95.2 cm³/mol. The van der Waals surface area contributed by atoms with Crippen LogP contribution in [-0.2, 0) is 0 Å². The van der Waals surface area contributed by atoms with Gasteiger partial charge in [-0.25, -0.2) is 0 Å². The first-order chi connectivity index (χ1) is 9.00. The summed E-state index contributed by atoms with van der Waals surface area (Å²) in [6.45, 7) is 0. The molecule has 0 N–H and O–H groups in total. The molecule has 0 aromatic carbocycles. The second-order valence-corrected chi connectivity index (χ2v) is 5.78. The zero-order valence-electron chi connectivity index (χ0n) is 13.2. The largest absolute Gasteiger partial charge is 0.147 e. The van der Waals surface area contributed by atoms with E-state index in [1.807, 2.05) is 0 Å². The molecular formula is C18H34ClSn. The molecule has 3 rings (SSSR count). The average molecular weight is 405 g/mol. The van der Waals surface area contributed by atoms with Crippen molar-refractivity contribution in [2.45, 2.75) is 96.3 Å². The molecule has 0 heterocycles. The van der Waals surface area contributed by atoms with E-state index >= 15 is 0 Å². The van der Waals surface area contributed by atoms with Gasteiger partial charge in [-0.3, -0.25) is 0 Å². The Bertz CT molecular complexity index is 86.4. The van der Waals surface area contributed by atoms with E-state index in [4.69, 9.17) is 0 Å². The Morgan fingerprint density at radius 3 is 0.600 bits per heavy atom. The summed E-state index contributed by atoms with van der Waals surface area (Å²) in [7, 11) is 0. The van der Waals surface area contributed by atoms with Gasteiger partial charge in [0.1, 0.15) is 0 Å². The quantitative estimate of drug-likeness (QED) is 0.404. The predicted octanol–water partition coefficient (Wildman–Crippen LogP) is 6.51. The molecule has 0 saturated heterocycles. The van der Waals surface area contributed by atoms with Crippen LogP contribution in [0.4, 0.5) is 0 Å². The van der Waals surface area contributed by atoms with Crippen LogP contribution in [0.2, 0.25) is 0 Å². The molecule has 117 valence electrons. The van der Waals surface area contributed by atoms with Crippen LogP contribution in [0.15, 0.2) is 0 Å². The molecular weight excluding hydrogens is 370 g/mol. The van der Waals surface area contributed by atoms with E-state index in [0.29, 0.717) is 0 Å². The summed E-state index contributed by atoms with van der Waals surface area (Å²) in [5.74, 6) is 0. The Morgan fingerprint density at radius 2 is 0.550 bits per heavy atom. The van der Waals surface area contributed by atoms with Crippen molar-refractivity contribution < 1.29 is 0 Å². The van der Waals surface area contributed by atoms with Gasteiger partial charge in [-0.2, -0.15) is 0 Å². The van der Waals surface area contributed by atoms with Gasteiger partial charge in [0.2, 0.25) is 0 Å². The molecule has 0 unspecified atom stereocenters. The van der Waals surface area contributed by atoms with E-state index in [-0.39, 0.29) is 36.3 Å². The standard InChI is InChI=1S/3C6H11.ClH.Sn/c3*1-2-4-6-5-3-1;;/h3*1H,2-6H2;1H;. The first kappa shape index (κ1) is 23.4. The van der Waals surface area contributed by atoms with Crippen LogP contribution in [0, 0.1) is 19.3 Å². The van der Waals surface area contributed by atoms with Crippen molar-refractivity contribution in [2.24, 2.45) is 0 Å². The van der Waals surface area contributed by atoms with Crippen LogP contribution >= 0.6 is 12.4 Å². The van der Waals surface area contributed by atoms with Gasteiger partial charge in [-0.1, -0.05) is 96.3 Å². The average Bonchev–Trinajstić information content (AvgIpc) is 2.54. The number of hydrogen-bond acceptors (Lipinski definition) is 0. The molecule has 20 heavy (non-hydrogen) atoms. The maximum atomic E-state index is 2.39. The van der Waals surface area contributed by atoms with Crippen LogP contribution in [0.1, 0.15) is 96.3 Å². The number of halogens is 1. The molecule has 3 aliphatic carbocycles. The molecule has 0 nitrogen and oxygen atoms in total. The SMILES string of the molecule is Cl.[CH]1CCCCC1.[CH]1CCCCC1.[CH]1CCCCC1.[Sn]. The summed E-state index contributed by atoms with van der Waals surface area (Å²) in [6.07, 6.45) is 28.5. The fourth-order valence-electron chi connectivity index (χ4n) is 2.70. The third-order valence-electron chi connectivity index (χ3n) is 3.95. The Hall–Kier alpha value is 1.09. The van der Waals surface area contributed by atoms with E-state index < -0.39 is 0 Å². The van der Waals surface area contributed by atoms with E-state index in [1.165, 1.54) is 96.3 Å². The van der Waals surface area contributed by atoms with E-state index in [1.54, 1.807) is 0 Å². The molecule has 0 bridgehead atoms. The summed E-state index contributed by atoms with van der Waals surface area (Å²) in [5, 5.41) is 0. The summed E-state index contributed by atoms with van der Waals surface area (Å²) in [5.41, 5.74) is 0. The zero-order valence-corrected chi connectivity index (χ0v) is 16.9. The monoisotopic (exact) mass is 405 g/mol. The maximum absolute atomic E-state index is 2.39. The fraction of sp³-hybridized carbons (Fsp3) is 0.833. The third kappa shape index (κ3) is 17.1. The number of rotatable bonds is 0. The van der Waals surface area contributed by atoms with Crippen molar-refractivity contribution in [3.8, 4) is 0 Å². The Morgan fingerprint density at radius 1 is 0.350 bits per heavy atom. The summed E-state index contributed by atoms with van der Waals surface area (Å²) in [6, 6.07) is 0. The topological polar surface area (TPSA) is 0 Å². The first-order valence-electron chi connectivity index (χ1n) is 8.45. The van der Waals surface area contributed by atoms with Gasteiger partial charge in [0, 0.05) is 23.9 Å². The molecule has 0 amide bonds. The van der Waals surface area contributed by atoms with Crippen LogP contribution in [0.3, 0.4) is 0 Å². The molecule has 0 aromatic heterocycles. The molecule has 0 spiro atoms. The van der Waals surface area contributed by atoms with Crippen LogP contribution in [0.5, 0.6) is 0 Å². The summed E-state index contributed by atoms with van der Waals surface area (Å²) >= 11 is 0. The molecule has 2 heteroatoms. The first-order valence-corrected chi connectivity index (χ1v) is 8.45. The minimum absolute atomic E-state index is 0. The van der Waals surface area contributed by atoms with Gasteiger partial charge in [-0.15, -0.1) is 12.4 Å². The van der Waals surface area contributed by atoms with Crippen molar-refractivity contribution in [3.05, 3.63) is 19.3 Å². The molecule has 0 atom stereocenters. The van der Waals surface area contributed by atoms with Crippen LogP contribution in [-0.4, -0.2) is 23.9 Å². The summed E-state index contributed by atoms with van der Waals surface area (Å²) in [4.78, 5) is 0. The molecule has 0 aromatic rings. The Labute approximate surface area is 151 Å². The molecule has 3 fully saturated rings. The Balaban J connectivity index is 0. The minimum atomic E-state index is 0. The van der Waals surface area contributed by atoms with E-state index in [9.17, 15) is 0 Å². The van der Waals surface area contributed by atoms with Crippen molar-refractivity contribution in [1.29, 1.82) is 0 Å². The van der Waals surface area contributed by atoms with Gasteiger partial charge in [-0.05, 0) is 19.3 Å². The maximum Gasteiger partial charge on any atom is 0 e. The fourth-order valence-corrected chi connectivity index (χ4v) is 2.70. The zero-order chi connectivity index (χ0) is 12.7. The summed E-state index contributed by atoms with van der Waals surface area (Å²) < 4.78 is 0. The third-order valence-corrected chi connectivity index (χ3v) is 3.95. The molecule has 3 aliphatic rings. The van der Waals surface area contributed by atoms with Crippen molar-refractivity contribution in [1.82, 2.24) is 0 Å². The number of hydrogen-bond donors (Lipinski definition) is 0. The minimum Gasteiger partial charge on any atom is -0.147 e. The van der Waals surface area contributed by atoms with Crippen LogP contribution in [0.25, 0.3) is 0 Å². The second kappa shape index (κ2) is 20.1. The van der Waals surface area contributed by atoms with Gasteiger partial charge >= 0.3 is 0 Å². The normalized spacial score (nSPS) is 21.6. The van der Waals surface area contributed by atoms with Gasteiger partial charge in [0.05, 0.1) is 0 Å².